The highest BCUT2D eigenvalue weighted by Crippen LogP contribution is 2.48. The molecule has 1 fully saturated rings. The van der Waals surface area contributed by atoms with E-state index in [4.69, 9.17) is 15.0 Å². The highest BCUT2D eigenvalue weighted by atomic mass is 16.2. The maximum atomic E-state index is 13.9. The monoisotopic (exact) mass is 640 g/mol. The number of carbonyl (C=O) groups is 2. The van der Waals surface area contributed by atoms with Gasteiger partial charge >= 0.3 is 0 Å². The molecule has 238 valence electrons. The zero-order chi connectivity index (χ0) is 33.7. The Hall–Kier alpha value is -6.15. The molecule has 1 aliphatic rings. The van der Waals surface area contributed by atoms with Crippen LogP contribution in [0.3, 0.4) is 0 Å². The first-order valence-electron chi connectivity index (χ1n) is 16.4. The summed E-state index contributed by atoms with van der Waals surface area (Å²) in [6.07, 6.45) is 0. The molecule has 5 aromatic carbocycles. The van der Waals surface area contributed by atoms with Crippen LogP contribution in [-0.4, -0.2) is 35.9 Å². The second-order valence-corrected chi connectivity index (χ2v) is 13.7. The average molecular weight is 641 g/mol. The molecule has 8 nitrogen and oxygen atoms in total. The van der Waals surface area contributed by atoms with E-state index in [1.807, 2.05) is 53.1 Å². The fourth-order valence-corrected chi connectivity index (χ4v) is 7.21. The van der Waals surface area contributed by atoms with E-state index in [1.165, 1.54) is 0 Å². The highest BCUT2D eigenvalue weighted by Gasteiger charge is 2.60. The molecule has 0 N–H and O–H groups in total. The van der Waals surface area contributed by atoms with Crippen molar-refractivity contribution in [2.45, 2.75) is 27.7 Å². The summed E-state index contributed by atoms with van der Waals surface area (Å²) in [5, 5.41) is 4.37. The van der Waals surface area contributed by atoms with Gasteiger partial charge in [0.25, 0.3) is 0 Å². The first kappa shape index (κ1) is 29.0. The fourth-order valence-electron chi connectivity index (χ4n) is 7.21. The number of para-hydroxylation sites is 3. The van der Waals surface area contributed by atoms with Crippen molar-refractivity contribution in [2.75, 3.05) is 4.90 Å². The molecule has 0 saturated carbocycles. The summed E-state index contributed by atoms with van der Waals surface area (Å²) >= 11 is 0. The third kappa shape index (κ3) is 3.94. The maximum Gasteiger partial charge on any atom is 0.244 e. The molecule has 0 bridgehead atoms. The number of imide groups is 1. The van der Waals surface area contributed by atoms with Crippen LogP contribution in [0.15, 0.2) is 121 Å². The molecule has 8 aromatic rings. The molecule has 1 saturated heterocycles. The Morgan fingerprint density at radius 1 is 0.490 bits per heavy atom. The van der Waals surface area contributed by atoms with Crippen molar-refractivity contribution in [1.82, 2.24) is 24.1 Å². The lowest BCUT2D eigenvalue weighted by molar-refractivity contribution is -0.129. The second kappa shape index (κ2) is 10.2. The van der Waals surface area contributed by atoms with E-state index in [-0.39, 0.29) is 17.8 Å². The number of fused-ring (bicyclic) bond motifs is 7. The lowest BCUT2D eigenvalue weighted by Crippen LogP contribution is -2.35. The van der Waals surface area contributed by atoms with Crippen LogP contribution in [0.1, 0.15) is 27.7 Å². The minimum Gasteiger partial charge on any atom is -0.309 e. The summed E-state index contributed by atoms with van der Waals surface area (Å²) in [4.78, 5) is 43.7. The van der Waals surface area contributed by atoms with Gasteiger partial charge in [0.05, 0.1) is 32.9 Å². The standard InChI is InChI=1S/C41H32N6O2/c1-40(2)36(48)47(37(49)41(40,3)4)39-43-35(25-15-7-5-8-16-25)42-38(44-39)46-31-22-14-12-20-29(31)33-32(46)24-23-28-27-19-11-13-21-30(27)45(34(28)33)26-17-9-6-10-18-26/h5-24H,1-4H3. The molecule has 0 aliphatic carbocycles. The van der Waals surface area contributed by atoms with Gasteiger partial charge in [0.1, 0.15) is 0 Å². The molecule has 1 aliphatic heterocycles. The lowest BCUT2D eigenvalue weighted by Gasteiger charge is -2.28. The van der Waals surface area contributed by atoms with Crippen molar-refractivity contribution < 1.29 is 9.59 Å². The van der Waals surface area contributed by atoms with Gasteiger partial charge in [-0.1, -0.05) is 91.0 Å². The van der Waals surface area contributed by atoms with Gasteiger partial charge < -0.3 is 4.57 Å². The number of rotatable bonds is 4. The first-order chi connectivity index (χ1) is 23.7. The zero-order valence-electron chi connectivity index (χ0n) is 27.5. The van der Waals surface area contributed by atoms with Gasteiger partial charge in [-0.05, 0) is 58.0 Å². The van der Waals surface area contributed by atoms with E-state index < -0.39 is 10.8 Å². The van der Waals surface area contributed by atoms with E-state index in [1.54, 1.807) is 27.7 Å². The molecule has 0 unspecified atom stereocenters. The van der Waals surface area contributed by atoms with Crippen molar-refractivity contribution in [1.29, 1.82) is 0 Å². The average Bonchev–Trinajstić information content (AvgIpc) is 3.68. The van der Waals surface area contributed by atoms with Gasteiger partial charge in [-0.15, -0.1) is 0 Å². The normalized spacial score (nSPS) is 15.7. The van der Waals surface area contributed by atoms with Gasteiger partial charge in [-0.3, -0.25) is 14.2 Å². The van der Waals surface area contributed by atoms with E-state index in [0.29, 0.717) is 11.8 Å². The second-order valence-electron chi connectivity index (χ2n) is 13.7. The van der Waals surface area contributed by atoms with Gasteiger partial charge in [0, 0.05) is 32.8 Å². The van der Waals surface area contributed by atoms with Crippen LogP contribution in [0.2, 0.25) is 0 Å². The number of hydrogen-bond acceptors (Lipinski definition) is 5. The topological polar surface area (TPSA) is 85.9 Å². The molecule has 8 heteroatoms. The van der Waals surface area contributed by atoms with Crippen LogP contribution in [0.25, 0.3) is 66.6 Å². The molecule has 3 aromatic heterocycles. The third-order valence-electron chi connectivity index (χ3n) is 10.6. The van der Waals surface area contributed by atoms with Crippen molar-refractivity contribution >= 4 is 61.4 Å². The minimum atomic E-state index is -0.951. The number of amides is 2. The Balaban J connectivity index is 1.40. The molecule has 4 heterocycles. The molecule has 9 rings (SSSR count). The smallest absolute Gasteiger partial charge is 0.244 e. The molecule has 49 heavy (non-hydrogen) atoms. The molecule has 0 spiro atoms. The predicted octanol–water partition coefficient (Wildman–Crippen LogP) is 8.66. The van der Waals surface area contributed by atoms with Crippen molar-refractivity contribution in [3.63, 3.8) is 0 Å². The Morgan fingerprint density at radius 2 is 1.04 bits per heavy atom. The fraction of sp³-hybridized carbons (Fsp3) is 0.146. The largest absolute Gasteiger partial charge is 0.309 e. The van der Waals surface area contributed by atoms with Crippen molar-refractivity contribution in [2.24, 2.45) is 10.8 Å². The first-order valence-corrected chi connectivity index (χ1v) is 16.4. The Labute approximate surface area is 282 Å². The van der Waals surface area contributed by atoms with Crippen LogP contribution >= 0.6 is 0 Å². The molecule has 2 amide bonds. The van der Waals surface area contributed by atoms with Gasteiger partial charge in [0.15, 0.2) is 5.82 Å². The van der Waals surface area contributed by atoms with E-state index in [2.05, 4.69) is 77.4 Å². The lowest BCUT2D eigenvalue weighted by atomic mass is 9.70. The van der Waals surface area contributed by atoms with Crippen molar-refractivity contribution in [3.05, 3.63) is 121 Å². The summed E-state index contributed by atoms with van der Waals surface area (Å²) in [5.41, 5.74) is 3.87. The van der Waals surface area contributed by atoms with Gasteiger partial charge in [-0.25, -0.2) is 4.90 Å². The summed E-state index contributed by atoms with van der Waals surface area (Å²) in [6.45, 7) is 7.21. The number of hydrogen-bond donors (Lipinski definition) is 0. The van der Waals surface area contributed by atoms with Crippen LogP contribution in [0.5, 0.6) is 0 Å². The van der Waals surface area contributed by atoms with Crippen LogP contribution < -0.4 is 4.90 Å². The van der Waals surface area contributed by atoms with E-state index >= 15 is 0 Å². The van der Waals surface area contributed by atoms with Crippen LogP contribution in [0, 0.1) is 10.8 Å². The number of anilines is 1. The molecular weight excluding hydrogens is 608 g/mol. The van der Waals surface area contributed by atoms with Crippen LogP contribution in [0.4, 0.5) is 5.95 Å². The SMILES string of the molecule is CC1(C)C(=O)N(c2nc(-c3ccccc3)nc(-n3c4ccccc4c4c3ccc3c5ccccc5n(-c5ccccc5)c34)n2)C(=O)C1(C)C. The zero-order valence-corrected chi connectivity index (χ0v) is 27.5. The van der Waals surface area contributed by atoms with Gasteiger partial charge in [0.2, 0.25) is 23.7 Å². The molecule has 0 atom stereocenters. The summed E-state index contributed by atoms with van der Waals surface area (Å²) in [5.74, 6) is 0.0295. The van der Waals surface area contributed by atoms with Crippen LogP contribution in [-0.2, 0) is 9.59 Å². The van der Waals surface area contributed by atoms with E-state index in [0.717, 1.165) is 59.8 Å². The number of aromatic nitrogens is 5. The summed E-state index contributed by atoms with van der Waals surface area (Å²) < 4.78 is 4.35. The highest BCUT2D eigenvalue weighted by molar-refractivity contribution is 6.26. The third-order valence-corrected chi connectivity index (χ3v) is 10.6. The minimum absolute atomic E-state index is 0.0166. The molecular formula is C41H32N6O2. The van der Waals surface area contributed by atoms with Crippen molar-refractivity contribution in [3.8, 4) is 23.0 Å². The quantitative estimate of drug-likeness (QED) is 0.180. The number of nitrogens with zero attached hydrogens (tertiary/aromatic N) is 6. The Bertz CT molecular complexity index is 2630. The van der Waals surface area contributed by atoms with Gasteiger partial charge in [-0.2, -0.15) is 15.0 Å². The Morgan fingerprint density at radius 3 is 1.71 bits per heavy atom. The predicted molar refractivity (Wildman–Crippen MR) is 194 cm³/mol. The molecule has 0 radical (unpaired) electrons. The summed E-state index contributed by atoms with van der Waals surface area (Å²) in [6, 6.07) is 40.9. The Kier molecular flexibility index (Phi) is 6.03. The number of benzene rings is 5. The van der Waals surface area contributed by atoms with E-state index in [9.17, 15) is 9.59 Å². The maximum absolute atomic E-state index is 13.9. The summed E-state index contributed by atoms with van der Waals surface area (Å²) in [7, 11) is 0. The number of carbonyl (C=O) groups excluding carboxylic acids is 2.